The van der Waals surface area contributed by atoms with Crippen LogP contribution < -0.4 is 0 Å². The average Bonchev–Trinajstić information content (AvgIpc) is 2.71. The number of carbonyl (C=O) groups is 1. The zero-order chi connectivity index (χ0) is 14.2. The van der Waals surface area contributed by atoms with E-state index < -0.39 is 0 Å². The highest BCUT2D eigenvalue weighted by Gasteiger charge is 2.34. The van der Waals surface area contributed by atoms with E-state index in [-0.39, 0.29) is 5.41 Å². The summed E-state index contributed by atoms with van der Waals surface area (Å²) in [6.45, 7) is 4.45. The molecule has 0 spiro atoms. The zero-order valence-electron chi connectivity index (χ0n) is 13.0. The van der Waals surface area contributed by atoms with Crippen LogP contribution in [0.1, 0.15) is 87.3 Å². The molecule has 0 radical (unpaired) electrons. The van der Waals surface area contributed by atoms with Gasteiger partial charge < -0.3 is 4.57 Å². The van der Waals surface area contributed by atoms with Crippen molar-refractivity contribution in [3.63, 3.8) is 0 Å². The highest BCUT2D eigenvalue weighted by molar-refractivity contribution is 5.98. The summed E-state index contributed by atoms with van der Waals surface area (Å²) in [7, 11) is 0. The molecule has 2 aliphatic carbocycles. The SMILES string of the molecule is CC1(C)CC(=O)c2ccn(C3CCCCCCC3)c2C1. The molecular formula is C18H27NO. The highest BCUT2D eigenvalue weighted by atomic mass is 16.1. The van der Waals surface area contributed by atoms with Crippen molar-refractivity contribution < 1.29 is 4.79 Å². The molecule has 2 aliphatic rings. The molecule has 110 valence electrons. The molecule has 0 atom stereocenters. The molecule has 0 unspecified atom stereocenters. The number of ketones is 1. The predicted molar refractivity (Wildman–Crippen MR) is 82.2 cm³/mol. The van der Waals surface area contributed by atoms with Crippen LogP contribution in [0.5, 0.6) is 0 Å². The molecule has 3 rings (SSSR count). The third-order valence-electron chi connectivity index (χ3n) is 5.08. The maximum absolute atomic E-state index is 12.3. The fourth-order valence-corrected chi connectivity index (χ4v) is 4.02. The third kappa shape index (κ3) is 2.70. The normalized spacial score (nSPS) is 24.0. The Hall–Kier alpha value is -1.05. The van der Waals surface area contributed by atoms with Gasteiger partial charge in [0.15, 0.2) is 5.78 Å². The van der Waals surface area contributed by atoms with E-state index in [0.29, 0.717) is 18.2 Å². The molecule has 2 heteroatoms. The van der Waals surface area contributed by atoms with Gasteiger partial charge in [-0.2, -0.15) is 0 Å². The van der Waals surface area contributed by atoms with E-state index in [1.54, 1.807) is 0 Å². The Morgan fingerprint density at radius 2 is 1.70 bits per heavy atom. The molecule has 0 aliphatic heterocycles. The summed E-state index contributed by atoms with van der Waals surface area (Å²) in [5, 5.41) is 0. The third-order valence-corrected chi connectivity index (χ3v) is 5.08. The summed E-state index contributed by atoms with van der Waals surface area (Å²) in [6.07, 6.45) is 13.4. The number of fused-ring (bicyclic) bond motifs is 1. The van der Waals surface area contributed by atoms with Crippen LogP contribution >= 0.6 is 0 Å². The molecule has 20 heavy (non-hydrogen) atoms. The fraction of sp³-hybridized carbons (Fsp3) is 0.722. The lowest BCUT2D eigenvalue weighted by Gasteiger charge is -2.32. The summed E-state index contributed by atoms with van der Waals surface area (Å²) in [6, 6.07) is 2.70. The number of hydrogen-bond acceptors (Lipinski definition) is 1. The average molecular weight is 273 g/mol. The van der Waals surface area contributed by atoms with E-state index in [0.717, 1.165) is 12.0 Å². The van der Waals surface area contributed by atoms with Crippen molar-refractivity contribution in [3.05, 3.63) is 23.5 Å². The molecule has 0 bridgehead atoms. The smallest absolute Gasteiger partial charge is 0.165 e. The van der Waals surface area contributed by atoms with Crippen LogP contribution in [-0.2, 0) is 6.42 Å². The van der Waals surface area contributed by atoms with Gasteiger partial charge in [-0.1, -0.05) is 46.0 Å². The van der Waals surface area contributed by atoms with Crippen LogP contribution in [0.15, 0.2) is 12.3 Å². The summed E-state index contributed by atoms with van der Waals surface area (Å²) in [5.74, 6) is 0.348. The van der Waals surface area contributed by atoms with Crippen LogP contribution in [0, 0.1) is 5.41 Å². The summed E-state index contributed by atoms with van der Waals surface area (Å²) in [4.78, 5) is 12.3. The van der Waals surface area contributed by atoms with Gasteiger partial charge >= 0.3 is 0 Å². The van der Waals surface area contributed by atoms with Crippen LogP contribution in [0.3, 0.4) is 0 Å². The molecule has 1 aromatic rings. The number of aromatic nitrogens is 1. The first-order valence-electron chi connectivity index (χ1n) is 8.30. The molecule has 2 nitrogen and oxygen atoms in total. The monoisotopic (exact) mass is 273 g/mol. The lowest BCUT2D eigenvalue weighted by atomic mass is 9.76. The summed E-state index contributed by atoms with van der Waals surface area (Å²) < 4.78 is 2.46. The Morgan fingerprint density at radius 3 is 2.40 bits per heavy atom. The van der Waals surface area contributed by atoms with E-state index in [1.807, 2.05) is 0 Å². The Labute approximate surface area is 122 Å². The predicted octanol–water partition coefficient (Wildman–Crippen LogP) is 4.93. The minimum Gasteiger partial charge on any atom is -0.348 e. The number of nitrogens with zero attached hydrogens (tertiary/aromatic N) is 1. The number of carbonyl (C=O) groups excluding carboxylic acids is 1. The Balaban J connectivity index is 1.89. The van der Waals surface area contributed by atoms with Gasteiger partial charge in [-0.15, -0.1) is 0 Å². The van der Waals surface area contributed by atoms with Gasteiger partial charge in [0.25, 0.3) is 0 Å². The zero-order valence-corrected chi connectivity index (χ0v) is 13.0. The second-order valence-electron chi connectivity index (χ2n) is 7.52. The van der Waals surface area contributed by atoms with Gasteiger partial charge in [0.1, 0.15) is 0 Å². The molecule has 0 N–H and O–H groups in total. The first-order valence-corrected chi connectivity index (χ1v) is 8.30. The van der Waals surface area contributed by atoms with Crippen LogP contribution in [0.2, 0.25) is 0 Å². The summed E-state index contributed by atoms with van der Waals surface area (Å²) >= 11 is 0. The first kappa shape index (κ1) is 13.9. The van der Waals surface area contributed by atoms with Gasteiger partial charge in [0.2, 0.25) is 0 Å². The fourth-order valence-electron chi connectivity index (χ4n) is 4.02. The Kier molecular flexibility index (Phi) is 3.74. The van der Waals surface area contributed by atoms with Gasteiger partial charge in [0.05, 0.1) is 0 Å². The number of Topliss-reactive ketones (excluding diaryl/α,β-unsaturated/α-hetero) is 1. The molecule has 0 saturated heterocycles. The molecular weight excluding hydrogens is 246 g/mol. The highest BCUT2D eigenvalue weighted by Crippen LogP contribution is 2.38. The largest absolute Gasteiger partial charge is 0.348 e. The van der Waals surface area contributed by atoms with Crippen molar-refractivity contribution in [1.82, 2.24) is 4.57 Å². The minimum absolute atomic E-state index is 0.127. The van der Waals surface area contributed by atoms with E-state index >= 15 is 0 Å². The topological polar surface area (TPSA) is 22.0 Å². The quantitative estimate of drug-likeness (QED) is 0.711. The van der Waals surface area contributed by atoms with Crippen LogP contribution in [0.25, 0.3) is 0 Å². The number of rotatable bonds is 1. The molecule has 1 fully saturated rings. The van der Waals surface area contributed by atoms with Crippen molar-refractivity contribution in [1.29, 1.82) is 0 Å². The van der Waals surface area contributed by atoms with Crippen molar-refractivity contribution in [2.45, 2.75) is 77.7 Å². The minimum atomic E-state index is 0.127. The van der Waals surface area contributed by atoms with E-state index in [2.05, 4.69) is 30.7 Å². The van der Waals surface area contributed by atoms with Gasteiger partial charge in [-0.25, -0.2) is 0 Å². The Morgan fingerprint density at radius 1 is 1.05 bits per heavy atom. The van der Waals surface area contributed by atoms with Gasteiger partial charge in [-0.3, -0.25) is 4.79 Å². The second-order valence-corrected chi connectivity index (χ2v) is 7.52. The lowest BCUT2D eigenvalue weighted by molar-refractivity contribution is 0.0909. The standard InChI is InChI=1S/C18H27NO/c1-18(2)12-16-15(17(20)13-18)10-11-19(16)14-8-6-4-3-5-7-9-14/h10-11,14H,3-9,12-13H2,1-2H3. The van der Waals surface area contributed by atoms with E-state index in [4.69, 9.17) is 0 Å². The van der Waals surface area contributed by atoms with Crippen molar-refractivity contribution >= 4 is 5.78 Å². The van der Waals surface area contributed by atoms with Crippen LogP contribution in [-0.4, -0.2) is 10.4 Å². The summed E-state index contributed by atoms with van der Waals surface area (Å²) in [5.41, 5.74) is 2.45. The second kappa shape index (κ2) is 5.38. The molecule has 1 saturated carbocycles. The van der Waals surface area contributed by atoms with Crippen molar-refractivity contribution in [2.24, 2.45) is 5.41 Å². The van der Waals surface area contributed by atoms with Gasteiger partial charge in [0, 0.05) is 29.9 Å². The maximum atomic E-state index is 12.3. The van der Waals surface area contributed by atoms with E-state index in [1.165, 1.54) is 50.6 Å². The lowest BCUT2D eigenvalue weighted by Crippen LogP contribution is -2.29. The number of hydrogen-bond donors (Lipinski definition) is 0. The van der Waals surface area contributed by atoms with Crippen molar-refractivity contribution in [3.8, 4) is 0 Å². The molecule has 0 aromatic carbocycles. The van der Waals surface area contributed by atoms with Gasteiger partial charge in [-0.05, 0) is 30.7 Å². The Bertz CT molecular complexity index is 490. The molecule has 1 heterocycles. The maximum Gasteiger partial charge on any atom is 0.165 e. The molecule has 1 aromatic heterocycles. The van der Waals surface area contributed by atoms with Crippen molar-refractivity contribution in [2.75, 3.05) is 0 Å². The van der Waals surface area contributed by atoms with E-state index in [9.17, 15) is 4.79 Å². The first-order chi connectivity index (χ1) is 9.57. The molecule has 0 amide bonds. The van der Waals surface area contributed by atoms with Crippen LogP contribution in [0.4, 0.5) is 0 Å².